The van der Waals surface area contributed by atoms with Gasteiger partial charge in [-0.15, -0.1) is 11.3 Å². The molecule has 0 amide bonds. The van der Waals surface area contributed by atoms with Gasteiger partial charge >= 0.3 is 0 Å². The summed E-state index contributed by atoms with van der Waals surface area (Å²) in [5.74, 6) is 1.56. The lowest BCUT2D eigenvalue weighted by molar-refractivity contribution is 0.477. The lowest BCUT2D eigenvalue weighted by atomic mass is 9.94. The molecule has 1 aromatic rings. The number of rotatable bonds is 5. The molecule has 0 aromatic carbocycles. The molecule has 90 valence electrons. The standard InChI is InChI=1S/C12H19NOS2/c1-2-16(14)9-7-13-11-4-3-5-12-10(11)6-8-15-12/h6,8,11,13H,2-5,7,9H2,1H3. The zero-order valence-corrected chi connectivity index (χ0v) is 11.3. The largest absolute Gasteiger partial charge is 0.309 e. The Balaban J connectivity index is 1.86. The monoisotopic (exact) mass is 257 g/mol. The fraction of sp³-hybridized carbons (Fsp3) is 0.667. The topological polar surface area (TPSA) is 29.1 Å². The molecule has 4 heteroatoms. The van der Waals surface area contributed by atoms with E-state index >= 15 is 0 Å². The van der Waals surface area contributed by atoms with Crippen LogP contribution in [0.1, 0.15) is 36.2 Å². The van der Waals surface area contributed by atoms with Gasteiger partial charge in [-0.05, 0) is 36.3 Å². The maximum Gasteiger partial charge on any atom is 0.0360 e. The van der Waals surface area contributed by atoms with Crippen LogP contribution in [0.25, 0.3) is 0 Å². The molecule has 1 aliphatic rings. The molecule has 2 rings (SSSR count). The quantitative estimate of drug-likeness (QED) is 0.878. The van der Waals surface area contributed by atoms with Crippen LogP contribution in [-0.2, 0) is 17.2 Å². The Morgan fingerprint density at radius 1 is 1.62 bits per heavy atom. The van der Waals surface area contributed by atoms with Gasteiger partial charge in [0.1, 0.15) is 0 Å². The van der Waals surface area contributed by atoms with E-state index in [0.29, 0.717) is 6.04 Å². The minimum Gasteiger partial charge on any atom is -0.309 e. The van der Waals surface area contributed by atoms with Crippen molar-refractivity contribution >= 4 is 22.1 Å². The maximum atomic E-state index is 11.3. The fourth-order valence-electron chi connectivity index (χ4n) is 2.19. The molecule has 2 unspecified atom stereocenters. The van der Waals surface area contributed by atoms with E-state index in [4.69, 9.17) is 0 Å². The number of hydrogen-bond acceptors (Lipinski definition) is 3. The minimum atomic E-state index is -0.639. The first kappa shape index (κ1) is 12.3. The van der Waals surface area contributed by atoms with Crippen molar-refractivity contribution in [3.05, 3.63) is 21.9 Å². The van der Waals surface area contributed by atoms with Crippen molar-refractivity contribution < 1.29 is 4.21 Å². The van der Waals surface area contributed by atoms with E-state index in [9.17, 15) is 4.21 Å². The number of nitrogens with one attached hydrogen (secondary N) is 1. The molecular weight excluding hydrogens is 238 g/mol. The zero-order valence-electron chi connectivity index (χ0n) is 9.70. The van der Waals surface area contributed by atoms with Gasteiger partial charge in [0, 0.05) is 39.8 Å². The molecule has 0 spiro atoms. The first-order valence-electron chi connectivity index (χ1n) is 5.96. The molecule has 2 atom stereocenters. The molecule has 1 aliphatic carbocycles. The van der Waals surface area contributed by atoms with Gasteiger partial charge in [-0.2, -0.15) is 0 Å². The second-order valence-corrected chi connectivity index (χ2v) is 7.00. The lowest BCUT2D eigenvalue weighted by Crippen LogP contribution is -2.28. The van der Waals surface area contributed by atoms with Gasteiger partial charge in [0.25, 0.3) is 0 Å². The van der Waals surface area contributed by atoms with Gasteiger partial charge in [0.05, 0.1) is 0 Å². The third-order valence-electron chi connectivity index (χ3n) is 3.09. The molecule has 0 saturated heterocycles. The van der Waals surface area contributed by atoms with Crippen LogP contribution in [0.15, 0.2) is 11.4 Å². The third kappa shape index (κ3) is 2.93. The summed E-state index contributed by atoms with van der Waals surface area (Å²) in [4.78, 5) is 1.54. The van der Waals surface area contributed by atoms with Gasteiger partial charge in [-0.1, -0.05) is 6.92 Å². The SMILES string of the molecule is CCS(=O)CCNC1CCCc2sccc21. The normalized spacial score (nSPS) is 21.7. The van der Waals surface area contributed by atoms with Crippen LogP contribution in [0.4, 0.5) is 0 Å². The van der Waals surface area contributed by atoms with Crippen molar-refractivity contribution in [2.24, 2.45) is 0 Å². The molecule has 0 saturated carbocycles. The number of hydrogen-bond donors (Lipinski definition) is 1. The second-order valence-electron chi connectivity index (χ2n) is 4.13. The Morgan fingerprint density at radius 2 is 2.50 bits per heavy atom. The fourth-order valence-corrected chi connectivity index (χ4v) is 3.81. The summed E-state index contributed by atoms with van der Waals surface area (Å²) in [6.45, 7) is 2.86. The van der Waals surface area contributed by atoms with Gasteiger partial charge in [-0.25, -0.2) is 0 Å². The highest BCUT2D eigenvalue weighted by Gasteiger charge is 2.20. The van der Waals surface area contributed by atoms with Gasteiger partial charge < -0.3 is 5.32 Å². The van der Waals surface area contributed by atoms with Gasteiger partial charge in [0.2, 0.25) is 0 Å². The van der Waals surface area contributed by atoms with Gasteiger partial charge in [-0.3, -0.25) is 4.21 Å². The molecule has 0 fully saturated rings. The summed E-state index contributed by atoms with van der Waals surface area (Å²) in [7, 11) is -0.639. The van der Waals surface area contributed by atoms with E-state index in [1.165, 1.54) is 24.8 Å². The summed E-state index contributed by atoms with van der Waals surface area (Å²) in [6.07, 6.45) is 3.75. The second kappa shape index (κ2) is 5.94. The number of fused-ring (bicyclic) bond motifs is 1. The summed E-state index contributed by atoms with van der Waals surface area (Å²) < 4.78 is 11.3. The molecule has 0 aliphatic heterocycles. The average molecular weight is 257 g/mol. The van der Waals surface area contributed by atoms with Crippen LogP contribution < -0.4 is 5.32 Å². The third-order valence-corrected chi connectivity index (χ3v) is 5.39. The molecule has 1 aromatic heterocycles. The molecule has 2 nitrogen and oxygen atoms in total. The molecule has 16 heavy (non-hydrogen) atoms. The van der Waals surface area contributed by atoms with E-state index in [1.54, 1.807) is 4.88 Å². The summed E-state index contributed by atoms with van der Waals surface area (Å²) >= 11 is 1.87. The predicted octanol–water partition coefficient (Wildman–Crippen LogP) is 2.48. The Hall–Kier alpha value is -0.190. The molecule has 1 N–H and O–H groups in total. The van der Waals surface area contributed by atoms with E-state index in [1.807, 2.05) is 18.3 Å². The minimum absolute atomic E-state index is 0.504. The molecule has 0 radical (unpaired) electrons. The highest BCUT2D eigenvalue weighted by molar-refractivity contribution is 7.84. The molecular formula is C12H19NOS2. The smallest absolute Gasteiger partial charge is 0.0360 e. The highest BCUT2D eigenvalue weighted by Crippen LogP contribution is 2.32. The Bertz CT molecular complexity index is 362. The van der Waals surface area contributed by atoms with E-state index in [2.05, 4.69) is 16.8 Å². The Labute approximate surface area is 104 Å². The predicted molar refractivity (Wildman–Crippen MR) is 71.6 cm³/mol. The Kier molecular flexibility index (Phi) is 4.55. The van der Waals surface area contributed by atoms with Crippen molar-refractivity contribution in [1.29, 1.82) is 0 Å². The van der Waals surface area contributed by atoms with Crippen LogP contribution in [-0.4, -0.2) is 22.3 Å². The van der Waals surface area contributed by atoms with Crippen molar-refractivity contribution in [3.63, 3.8) is 0 Å². The molecule has 1 heterocycles. The first-order valence-corrected chi connectivity index (χ1v) is 8.32. The maximum absolute atomic E-state index is 11.3. The van der Waals surface area contributed by atoms with Crippen LogP contribution in [0.2, 0.25) is 0 Å². The highest BCUT2D eigenvalue weighted by atomic mass is 32.2. The van der Waals surface area contributed by atoms with Crippen molar-refractivity contribution in [1.82, 2.24) is 5.32 Å². The van der Waals surface area contributed by atoms with Gasteiger partial charge in [0.15, 0.2) is 0 Å². The molecule has 0 bridgehead atoms. The van der Waals surface area contributed by atoms with Crippen LogP contribution in [0.3, 0.4) is 0 Å². The number of aryl methyl sites for hydroxylation is 1. The van der Waals surface area contributed by atoms with Crippen molar-refractivity contribution in [3.8, 4) is 0 Å². The van der Waals surface area contributed by atoms with Crippen LogP contribution in [0, 0.1) is 0 Å². The summed E-state index contributed by atoms with van der Waals surface area (Å²) in [5.41, 5.74) is 1.48. The van der Waals surface area contributed by atoms with E-state index < -0.39 is 10.8 Å². The number of thiophene rings is 1. The summed E-state index contributed by atoms with van der Waals surface area (Å²) in [5, 5.41) is 5.73. The lowest BCUT2D eigenvalue weighted by Gasteiger charge is -2.23. The average Bonchev–Trinajstić information content (AvgIpc) is 2.77. The van der Waals surface area contributed by atoms with E-state index in [-0.39, 0.29) is 0 Å². The van der Waals surface area contributed by atoms with E-state index in [0.717, 1.165) is 18.1 Å². The van der Waals surface area contributed by atoms with Crippen molar-refractivity contribution in [2.45, 2.75) is 32.2 Å². The van der Waals surface area contributed by atoms with Crippen LogP contribution >= 0.6 is 11.3 Å². The zero-order chi connectivity index (χ0) is 11.4. The first-order chi connectivity index (χ1) is 7.81. The van der Waals surface area contributed by atoms with Crippen molar-refractivity contribution in [2.75, 3.05) is 18.1 Å². The Morgan fingerprint density at radius 3 is 3.31 bits per heavy atom. The summed E-state index contributed by atoms with van der Waals surface area (Å²) in [6, 6.07) is 2.75. The van der Waals surface area contributed by atoms with Crippen LogP contribution in [0.5, 0.6) is 0 Å².